The van der Waals surface area contributed by atoms with E-state index in [9.17, 15) is 0 Å². The molecule has 0 bridgehead atoms. The lowest BCUT2D eigenvalue weighted by molar-refractivity contribution is 0.293. The van der Waals surface area contributed by atoms with Gasteiger partial charge in [0.15, 0.2) is 0 Å². The zero-order valence-electron chi connectivity index (χ0n) is 11.7. The largest absolute Gasteiger partial charge is 0.397 e. The van der Waals surface area contributed by atoms with Gasteiger partial charge in [0.05, 0.1) is 11.4 Å². The summed E-state index contributed by atoms with van der Waals surface area (Å²) in [4.78, 5) is 6.58. The fourth-order valence-corrected chi connectivity index (χ4v) is 3.09. The van der Waals surface area contributed by atoms with Crippen LogP contribution in [0.1, 0.15) is 26.7 Å². The number of fused-ring (bicyclic) bond motifs is 1. The topological polar surface area (TPSA) is 42.2 Å². The van der Waals surface area contributed by atoms with Crippen molar-refractivity contribution in [2.75, 3.05) is 23.7 Å². The molecule has 0 spiro atoms. The monoisotopic (exact) mass is 255 g/mol. The van der Waals surface area contributed by atoms with Crippen LogP contribution in [0.2, 0.25) is 0 Å². The zero-order chi connectivity index (χ0) is 13.5. The fourth-order valence-electron chi connectivity index (χ4n) is 3.09. The second-order valence-corrected chi connectivity index (χ2v) is 6.28. The maximum Gasteiger partial charge on any atom is 0.0632 e. The molecular weight excluding hydrogens is 234 g/mol. The van der Waals surface area contributed by atoms with Crippen LogP contribution in [0.5, 0.6) is 0 Å². The molecule has 0 amide bonds. The lowest BCUT2D eigenvalue weighted by atomic mass is 9.84. The summed E-state index contributed by atoms with van der Waals surface area (Å²) < 4.78 is 0. The van der Waals surface area contributed by atoms with Crippen LogP contribution in [-0.4, -0.2) is 18.1 Å². The highest BCUT2D eigenvalue weighted by atomic mass is 15.2. The van der Waals surface area contributed by atoms with Crippen molar-refractivity contribution in [1.29, 1.82) is 0 Å². The van der Waals surface area contributed by atoms with Crippen molar-refractivity contribution in [1.82, 2.24) is 4.98 Å². The average molecular weight is 255 g/mol. The summed E-state index contributed by atoms with van der Waals surface area (Å²) in [5.41, 5.74) is 8.80. The molecule has 2 aromatic rings. The first-order valence-corrected chi connectivity index (χ1v) is 6.94. The normalized spacial score (nSPS) is 18.7. The molecule has 100 valence electrons. The van der Waals surface area contributed by atoms with E-state index in [1.807, 2.05) is 18.5 Å². The van der Waals surface area contributed by atoms with Crippen molar-refractivity contribution in [3.63, 3.8) is 0 Å². The van der Waals surface area contributed by atoms with Crippen molar-refractivity contribution in [3.05, 3.63) is 30.6 Å². The lowest BCUT2D eigenvalue weighted by Gasteiger charge is -2.40. The van der Waals surface area contributed by atoms with E-state index >= 15 is 0 Å². The number of hydrogen-bond acceptors (Lipinski definition) is 3. The number of nitrogen functional groups attached to an aromatic ring is 1. The standard InChI is InChI=1S/C16H21N3/c1-16(2)7-3-9-19(11-16)14-5-4-12-10-18-8-6-13(12)15(14)17/h4-6,8,10H,3,7,9,11,17H2,1-2H3. The Morgan fingerprint density at radius 3 is 2.89 bits per heavy atom. The highest BCUT2D eigenvalue weighted by molar-refractivity contribution is 5.98. The number of piperidine rings is 1. The van der Waals surface area contributed by atoms with Crippen LogP contribution < -0.4 is 10.6 Å². The van der Waals surface area contributed by atoms with E-state index in [-0.39, 0.29) is 0 Å². The zero-order valence-corrected chi connectivity index (χ0v) is 11.7. The van der Waals surface area contributed by atoms with Crippen molar-refractivity contribution < 1.29 is 0 Å². The van der Waals surface area contributed by atoms with E-state index in [0.29, 0.717) is 5.41 Å². The number of nitrogens with two attached hydrogens (primary N) is 1. The molecule has 19 heavy (non-hydrogen) atoms. The Bertz CT molecular complexity index is 604. The molecule has 0 atom stereocenters. The average Bonchev–Trinajstić information content (AvgIpc) is 2.38. The van der Waals surface area contributed by atoms with E-state index in [1.54, 1.807) is 0 Å². The molecule has 2 heterocycles. The van der Waals surface area contributed by atoms with Crippen molar-refractivity contribution in [3.8, 4) is 0 Å². The molecule has 3 rings (SSSR count). The number of anilines is 2. The van der Waals surface area contributed by atoms with Crippen LogP contribution in [0.4, 0.5) is 11.4 Å². The second kappa shape index (κ2) is 4.41. The first-order valence-electron chi connectivity index (χ1n) is 6.94. The SMILES string of the molecule is CC1(C)CCCN(c2ccc3cnccc3c2N)C1. The summed E-state index contributed by atoms with van der Waals surface area (Å²) in [6, 6.07) is 6.26. The summed E-state index contributed by atoms with van der Waals surface area (Å²) in [5, 5.41) is 2.22. The maximum absolute atomic E-state index is 6.37. The number of hydrogen-bond donors (Lipinski definition) is 1. The third-order valence-electron chi connectivity index (χ3n) is 4.08. The predicted molar refractivity (Wildman–Crippen MR) is 81.4 cm³/mol. The van der Waals surface area contributed by atoms with E-state index < -0.39 is 0 Å². The van der Waals surface area contributed by atoms with Gasteiger partial charge in [-0.25, -0.2) is 0 Å². The third-order valence-corrected chi connectivity index (χ3v) is 4.08. The summed E-state index contributed by atoms with van der Waals surface area (Å²) in [6.07, 6.45) is 6.21. The van der Waals surface area contributed by atoms with Crippen LogP contribution in [0, 0.1) is 5.41 Å². The summed E-state index contributed by atoms with van der Waals surface area (Å²) in [7, 11) is 0. The minimum atomic E-state index is 0.373. The Balaban J connectivity index is 2.03. The Kier molecular flexibility index (Phi) is 2.85. The molecule has 3 nitrogen and oxygen atoms in total. The first-order chi connectivity index (χ1) is 9.07. The van der Waals surface area contributed by atoms with Gasteiger partial charge in [0.1, 0.15) is 0 Å². The van der Waals surface area contributed by atoms with Crippen LogP contribution in [0.15, 0.2) is 30.6 Å². The lowest BCUT2D eigenvalue weighted by Crippen LogP contribution is -2.40. The van der Waals surface area contributed by atoms with E-state index in [0.717, 1.165) is 29.5 Å². The van der Waals surface area contributed by atoms with Gasteiger partial charge in [-0.05, 0) is 30.4 Å². The number of nitrogens with zero attached hydrogens (tertiary/aromatic N) is 2. The second-order valence-electron chi connectivity index (χ2n) is 6.28. The Labute approximate surface area is 114 Å². The highest BCUT2D eigenvalue weighted by Gasteiger charge is 2.27. The van der Waals surface area contributed by atoms with Crippen molar-refractivity contribution >= 4 is 22.1 Å². The number of pyridine rings is 1. The van der Waals surface area contributed by atoms with E-state index in [4.69, 9.17) is 5.73 Å². The number of rotatable bonds is 1. The van der Waals surface area contributed by atoms with Crippen LogP contribution in [0.3, 0.4) is 0 Å². The maximum atomic E-state index is 6.37. The number of benzene rings is 1. The van der Waals surface area contributed by atoms with Crippen LogP contribution >= 0.6 is 0 Å². The first kappa shape index (κ1) is 12.3. The van der Waals surface area contributed by atoms with Gasteiger partial charge < -0.3 is 10.6 Å². The van der Waals surface area contributed by atoms with Crippen LogP contribution in [-0.2, 0) is 0 Å². The Morgan fingerprint density at radius 2 is 2.11 bits per heavy atom. The smallest absolute Gasteiger partial charge is 0.0632 e. The molecule has 1 aliphatic rings. The molecule has 1 saturated heterocycles. The molecule has 1 aromatic heterocycles. The van der Waals surface area contributed by atoms with Gasteiger partial charge in [0, 0.05) is 36.3 Å². The van der Waals surface area contributed by atoms with Crippen LogP contribution in [0.25, 0.3) is 10.8 Å². The van der Waals surface area contributed by atoms with Gasteiger partial charge in [0.25, 0.3) is 0 Å². The van der Waals surface area contributed by atoms with E-state index in [2.05, 4.69) is 35.9 Å². The molecule has 0 saturated carbocycles. The van der Waals surface area contributed by atoms with Gasteiger partial charge in [-0.1, -0.05) is 19.9 Å². The minimum absolute atomic E-state index is 0.373. The summed E-state index contributed by atoms with van der Waals surface area (Å²) in [5.74, 6) is 0. The van der Waals surface area contributed by atoms with Crippen molar-refractivity contribution in [2.45, 2.75) is 26.7 Å². The Hall–Kier alpha value is -1.77. The quantitative estimate of drug-likeness (QED) is 0.794. The number of aromatic nitrogens is 1. The fraction of sp³-hybridized carbons (Fsp3) is 0.438. The third kappa shape index (κ3) is 2.25. The van der Waals surface area contributed by atoms with Gasteiger partial charge in [-0.2, -0.15) is 0 Å². The van der Waals surface area contributed by atoms with Gasteiger partial charge in [-0.15, -0.1) is 0 Å². The predicted octanol–water partition coefficient (Wildman–Crippen LogP) is 3.44. The summed E-state index contributed by atoms with van der Waals surface area (Å²) >= 11 is 0. The van der Waals surface area contributed by atoms with Crippen molar-refractivity contribution in [2.24, 2.45) is 5.41 Å². The van der Waals surface area contributed by atoms with Gasteiger partial charge in [0.2, 0.25) is 0 Å². The summed E-state index contributed by atoms with van der Waals surface area (Å²) in [6.45, 7) is 6.85. The molecule has 3 heteroatoms. The Morgan fingerprint density at radius 1 is 1.26 bits per heavy atom. The van der Waals surface area contributed by atoms with E-state index in [1.165, 1.54) is 18.5 Å². The molecule has 1 aliphatic heterocycles. The molecular formula is C16H21N3. The minimum Gasteiger partial charge on any atom is -0.397 e. The molecule has 1 fully saturated rings. The molecule has 2 N–H and O–H groups in total. The highest BCUT2D eigenvalue weighted by Crippen LogP contribution is 2.36. The molecule has 0 aliphatic carbocycles. The van der Waals surface area contributed by atoms with Gasteiger partial charge in [-0.3, -0.25) is 4.98 Å². The van der Waals surface area contributed by atoms with Gasteiger partial charge >= 0.3 is 0 Å². The molecule has 0 radical (unpaired) electrons. The molecule has 1 aromatic carbocycles. The molecule has 0 unspecified atom stereocenters.